The molecule has 1 aromatic carbocycles. The Hall–Kier alpha value is -0.340. The summed E-state index contributed by atoms with van der Waals surface area (Å²) in [5.74, 6) is 1.44. The lowest BCUT2D eigenvalue weighted by molar-refractivity contribution is 0.343. The number of fused-ring (bicyclic) bond motifs is 1. The highest BCUT2D eigenvalue weighted by Gasteiger charge is 2.35. The Balaban J connectivity index is 2.00. The van der Waals surface area contributed by atoms with Crippen molar-refractivity contribution in [3.05, 3.63) is 33.8 Å². The van der Waals surface area contributed by atoms with Crippen LogP contribution in [-0.4, -0.2) is 6.04 Å². The molecule has 2 atom stereocenters. The first-order chi connectivity index (χ1) is 8.27. The van der Waals surface area contributed by atoms with E-state index in [1.807, 2.05) is 0 Å². The lowest BCUT2D eigenvalue weighted by Crippen LogP contribution is -2.36. The third kappa shape index (κ3) is 2.06. The molecule has 1 fully saturated rings. The second-order valence-corrected chi connectivity index (χ2v) is 6.43. The fourth-order valence-electron chi connectivity index (χ4n) is 3.79. The predicted octanol–water partition coefficient (Wildman–Crippen LogP) is 4.00. The van der Waals surface area contributed by atoms with Gasteiger partial charge >= 0.3 is 0 Å². The molecule has 0 radical (unpaired) electrons. The van der Waals surface area contributed by atoms with Crippen molar-refractivity contribution in [1.82, 2.24) is 0 Å². The average Bonchev–Trinajstić information content (AvgIpc) is 2.82. The van der Waals surface area contributed by atoms with Gasteiger partial charge in [-0.25, -0.2) is 0 Å². The normalized spacial score (nSPS) is 29.3. The van der Waals surface area contributed by atoms with Crippen molar-refractivity contribution in [2.24, 2.45) is 11.7 Å². The minimum atomic E-state index is 0.375. The van der Waals surface area contributed by atoms with E-state index < -0.39 is 0 Å². The summed E-state index contributed by atoms with van der Waals surface area (Å²) in [6.45, 7) is 0. The quantitative estimate of drug-likeness (QED) is 0.832. The van der Waals surface area contributed by atoms with E-state index in [-0.39, 0.29) is 0 Å². The van der Waals surface area contributed by atoms with Crippen LogP contribution in [0.1, 0.15) is 49.1 Å². The first-order valence-electron chi connectivity index (χ1n) is 6.80. The molecule has 92 valence electrons. The molecule has 2 aliphatic carbocycles. The molecule has 17 heavy (non-hydrogen) atoms. The van der Waals surface area contributed by atoms with Gasteiger partial charge in [0.25, 0.3) is 0 Å². The van der Waals surface area contributed by atoms with Crippen molar-refractivity contribution in [2.45, 2.75) is 50.5 Å². The highest BCUT2D eigenvalue weighted by Crippen LogP contribution is 2.44. The summed E-state index contributed by atoms with van der Waals surface area (Å²) in [6.07, 6.45) is 7.85. The van der Waals surface area contributed by atoms with Crippen LogP contribution in [0.3, 0.4) is 0 Å². The molecule has 2 unspecified atom stereocenters. The smallest absolute Gasteiger partial charge is 0.0210 e. The molecule has 3 rings (SSSR count). The fraction of sp³-hybridized carbons (Fsp3) is 0.600. The third-order valence-corrected chi connectivity index (χ3v) is 5.35. The molecule has 0 heterocycles. The minimum Gasteiger partial charge on any atom is -0.327 e. The predicted molar refractivity (Wildman–Crippen MR) is 75.1 cm³/mol. The monoisotopic (exact) mass is 293 g/mol. The second-order valence-electron chi connectivity index (χ2n) is 5.58. The van der Waals surface area contributed by atoms with Crippen molar-refractivity contribution in [2.75, 3.05) is 0 Å². The number of nitrogens with two attached hydrogens (primary N) is 1. The Morgan fingerprint density at radius 2 is 1.88 bits per heavy atom. The van der Waals surface area contributed by atoms with Crippen LogP contribution in [-0.2, 0) is 6.42 Å². The molecule has 0 aliphatic heterocycles. The van der Waals surface area contributed by atoms with E-state index in [2.05, 4.69) is 34.1 Å². The van der Waals surface area contributed by atoms with Gasteiger partial charge < -0.3 is 5.73 Å². The van der Waals surface area contributed by atoms with Gasteiger partial charge in [-0.05, 0) is 48.8 Å². The lowest BCUT2D eigenvalue weighted by Gasteiger charge is -2.36. The average molecular weight is 294 g/mol. The van der Waals surface area contributed by atoms with Crippen LogP contribution in [0.15, 0.2) is 22.7 Å². The Labute approximate surface area is 112 Å². The van der Waals surface area contributed by atoms with Crippen LogP contribution >= 0.6 is 15.9 Å². The molecule has 0 bridgehead atoms. The van der Waals surface area contributed by atoms with Crippen molar-refractivity contribution >= 4 is 15.9 Å². The van der Waals surface area contributed by atoms with Gasteiger partial charge in [-0.2, -0.15) is 0 Å². The Morgan fingerprint density at radius 3 is 2.65 bits per heavy atom. The highest BCUT2D eigenvalue weighted by molar-refractivity contribution is 9.10. The highest BCUT2D eigenvalue weighted by atomic mass is 79.9. The van der Waals surface area contributed by atoms with Gasteiger partial charge in [-0.15, -0.1) is 0 Å². The molecule has 1 saturated carbocycles. The van der Waals surface area contributed by atoms with Crippen LogP contribution in [0, 0.1) is 5.92 Å². The zero-order valence-electron chi connectivity index (χ0n) is 10.2. The molecule has 0 saturated heterocycles. The van der Waals surface area contributed by atoms with Gasteiger partial charge in [0, 0.05) is 16.4 Å². The summed E-state index contributed by atoms with van der Waals surface area (Å²) in [5.41, 5.74) is 9.46. The van der Waals surface area contributed by atoms with Gasteiger partial charge in [-0.3, -0.25) is 0 Å². The van der Waals surface area contributed by atoms with Gasteiger partial charge in [0.05, 0.1) is 0 Å². The SMILES string of the molecule is NC1CCc2c(Br)cccc2C1C1CCCC1. The Morgan fingerprint density at radius 1 is 1.12 bits per heavy atom. The summed E-state index contributed by atoms with van der Waals surface area (Å²) in [5, 5.41) is 0. The van der Waals surface area contributed by atoms with E-state index in [0.717, 1.165) is 18.8 Å². The molecular weight excluding hydrogens is 274 g/mol. The first kappa shape index (κ1) is 11.7. The zero-order chi connectivity index (χ0) is 11.8. The summed E-state index contributed by atoms with van der Waals surface area (Å²) in [7, 11) is 0. The van der Waals surface area contributed by atoms with E-state index in [1.54, 1.807) is 0 Å². The van der Waals surface area contributed by atoms with Gasteiger partial charge in [-0.1, -0.05) is 40.9 Å². The standard InChI is InChI=1S/C15H20BrN/c16-13-7-3-6-12-11(13)8-9-14(17)15(12)10-4-1-2-5-10/h3,6-7,10,14-15H,1-2,4-5,8-9,17H2. The number of halogens is 1. The molecule has 1 nitrogen and oxygen atoms in total. The number of hydrogen-bond donors (Lipinski definition) is 1. The van der Waals surface area contributed by atoms with E-state index in [9.17, 15) is 0 Å². The number of rotatable bonds is 1. The van der Waals surface area contributed by atoms with Crippen LogP contribution in [0.5, 0.6) is 0 Å². The third-order valence-electron chi connectivity index (χ3n) is 4.61. The topological polar surface area (TPSA) is 26.0 Å². The maximum Gasteiger partial charge on any atom is 0.0210 e. The molecule has 0 aromatic heterocycles. The molecule has 0 spiro atoms. The molecule has 2 heteroatoms. The Bertz CT molecular complexity index is 409. The van der Waals surface area contributed by atoms with Crippen LogP contribution in [0.2, 0.25) is 0 Å². The summed E-state index contributed by atoms with van der Waals surface area (Å²) < 4.78 is 1.28. The summed E-state index contributed by atoms with van der Waals surface area (Å²) in [6, 6.07) is 7.02. The fourth-order valence-corrected chi connectivity index (χ4v) is 4.37. The maximum atomic E-state index is 6.41. The largest absolute Gasteiger partial charge is 0.327 e. The zero-order valence-corrected chi connectivity index (χ0v) is 11.7. The Kier molecular flexibility index (Phi) is 3.27. The molecule has 0 amide bonds. The summed E-state index contributed by atoms with van der Waals surface area (Å²) >= 11 is 3.70. The van der Waals surface area contributed by atoms with E-state index >= 15 is 0 Å². The summed E-state index contributed by atoms with van der Waals surface area (Å²) in [4.78, 5) is 0. The molecule has 1 aromatic rings. The van der Waals surface area contributed by atoms with Crippen LogP contribution < -0.4 is 5.73 Å². The lowest BCUT2D eigenvalue weighted by atomic mass is 9.72. The first-order valence-corrected chi connectivity index (χ1v) is 7.59. The van der Waals surface area contributed by atoms with Gasteiger partial charge in [0.15, 0.2) is 0 Å². The maximum absolute atomic E-state index is 6.41. The van der Waals surface area contributed by atoms with E-state index in [0.29, 0.717) is 12.0 Å². The van der Waals surface area contributed by atoms with Crippen molar-refractivity contribution < 1.29 is 0 Å². The van der Waals surface area contributed by atoms with Crippen molar-refractivity contribution in [1.29, 1.82) is 0 Å². The van der Waals surface area contributed by atoms with Gasteiger partial charge in [0.1, 0.15) is 0 Å². The van der Waals surface area contributed by atoms with Crippen LogP contribution in [0.25, 0.3) is 0 Å². The van der Waals surface area contributed by atoms with E-state index in [4.69, 9.17) is 5.73 Å². The van der Waals surface area contributed by atoms with Crippen LogP contribution in [0.4, 0.5) is 0 Å². The van der Waals surface area contributed by atoms with Crippen molar-refractivity contribution in [3.63, 3.8) is 0 Å². The molecule has 2 aliphatic rings. The molecule has 2 N–H and O–H groups in total. The van der Waals surface area contributed by atoms with Crippen molar-refractivity contribution in [3.8, 4) is 0 Å². The number of benzene rings is 1. The van der Waals surface area contributed by atoms with Gasteiger partial charge in [0.2, 0.25) is 0 Å². The second kappa shape index (κ2) is 4.74. The number of hydrogen-bond acceptors (Lipinski definition) is 1. The minimum absolute atomic E-state index is 0.375. The van der Waals surface area contributed by atoms with E-state index in [1.165, 1.54) is 41.3 Å². The molecular formula is C15H20BrN.